The SMILES string of the molecule is CCCCc1ccccc1.Cc1ccccc1S(=O)(=O)O. The molecule has 0 aliphatic heterocycles. The molecule has 0 amide bonds. The molecule has 0 bridgehead atoms. The van der Waals surface area contributed by atoms with Crippen LogP contribution < -0.4 is 0 Å². The molecule has 0 aliphatic rings. The van der Waals surface area contributed by atoms with Crippen LogP contribution in [0.25, 0.3) is 0 Å². The average Bonchev–Trinajstić information content (AvgIpc) is 2.46. The highest BCUT2D eigenvalue weighted by molar-refractivity contribution is 7.85. The van der Waals surface area contributed by atoms with E-state index in [1.54, 1.807) is 25.1 Å². The van der Waals surface area contributed by atoms with Crippen molar-refractivity contribution in [3.8, 4) is 0 Å². The van der Waals surface area contributed by atoms with Gasteiger partial charge < -0.3 is 0 Å². The first-order chi connectivity index (χ1) is 9.95. The van der Waals surface area contributed by atoms with E-state index in [2.05, 4.69) is 37.3 Å². The van der Waals surface area contributed by atoms with E-state index in [1.807, 2.05) is 0 Å². The molecular formula is C17H22O3S. The first kappa shape index (κ1) is 17.4. The second-order valence-corrected chi connectivity index (χ2v) is 6.22. The summed E-state index contributed by atoms with van der Waals surface area (Å²) in [5.41, 5.74) is 2.01. The third kappa shape index (κ3) is 6.56. The highest BCUT2D eigenvalue weighted by atomic mass is 32.2. The Hall–Kier alpha value is -1.65. The van der Waals surface area contributed by atoms with Gasteiger partial charge in [-0.3, -0.25) is 4.55 Å². The Morgan fingerprint density at radius 2 is 1.52 bits per heavy atom. The monoisotopic (exact) mass is 306 g/mol. The van der Waals surface area contributed by atoms with Crippen LogP contribution in [0, 0.1) is 6.92 Å². The van der Waals surface area contributed by atoms with Crippen molar-refractivity contribution in [2.45, 2.75) is 38.0 Å². The number of hydrogen-bond acceptors (Lipinski definition) is 2. The molecule has 2 rings (SSSR count). The van der Waals surface area contributed by atoms with Gasteiger partial charge in [0.05, 0.1) is 4.90 Å². The Morgan fingerprint density at radius 3 is 2.00 bits per heavy atom. The highest BCUT2D eigenvalue weighted by Crippen LogP contribution is 2.12. The van der Waals surface area contributed by atoms with Crippen molar-refractivity contribution in [1.82, 2.24) is 0 Å². The van der Waals surface area contributed by atoms with E-state index >= 15 is 0 Å². The molecule has 1 N–H and O–H groups in total. The molecule has 0 radical (unpaired) electrons. The molecule has 0 heterocycles. The molecule has 0 aromatic heterocycles. The quantitative estimate of drug-likeness (QED) is 0.858. The van der Waals surface area contributed by atoms with Crippen LogP contribution in [-0.2, 0) is 16.5 Å². The average molecular weight is 306 g/mol. The Bertz CT molecular complexity index is 634. The lowest BCUT2D eigenvalue weighted by molar-refractivity contribution is 0.482. The van der Waals surface area contributed by atoms with Crippen LogP contribution in [0.4, 0.5) is 0 Å². The van der Waals surface area contributed by atoms with Crippen molar-refractivity contribution in [3.63, 3.8) is 0 Å². The fourth-order valence-electron chi connectivity index (χ4n) is 1.87. The van der Waals surface area contributed by atoms with E-state index in [0.717, 1.165) is 0 Å². The fraction of sp³-hybridized carbons (Fsp3) is 0.294. The van der Waals surface area contributed by atoms with Crippen molar-refractivity contribution in [3.05, 3.63) is 65.7 Å². The summed E-state index contributed by atoms with van der Waals surface area (Å²) in [5, 5.41) is 0. The highest BCUT2D eigenvalue weighted by Gasteiger charge is 2.10. The van der Waals surface area contributed by atoms with Crippen LogP contribution in [-0.4, -0.2) is 13.0 Å². The zero-order valence-corrected chi connectivity index (χ0v) is 13.3. The van der Waals surface area contributed by atoms with Gasteiger partial charge in [-0.15, -0.1) is 0 Å². The number of benzene rings is 2. The molecule has 4 heteroatoms. The molecule has 3 nitrogen and oxygen atoms in total. The number of rotatable bonds is 4. The maximum absolute atomic E-state index is 10.6. The van der Waals surface area contributed by atoms with Gasteiger partial charge in [0.2, 0.25) is 0 Å². The normalized spacial score (nSPS) is 10.6. The maximum Gasteiger partial charge on any atom is 0.294 e. The minimum absolute atomic E-state index is 0.0278. The van der Waals surface area contributed by atoms with Crippen molar-refractivity contribution in [2.75, 3.05) is 0 Å². The molecule has 0 unspecified atom stereocenters. The van der Waals surface area contributed by atoms with Crippen molar-refractivity contribution < 1.29 is 13.0 Å². The Balaban J connectivity index is 0.000000211. The van der Waals surface area contributed by atoms with Gasteiger partial charge in [-0.1, -0.05) is 61.9 Å². The smallest absolute Gasteiger partial charge is 0.282 e. The van der Waals surface area contributed by atoms with Crippen molar-refractivity contribution in [1.29, 1.82) is 0 Å². The van der Waals surface area contributed by atoms with E-state index in [0.29, 0.717) is 5.56 Å². The van der Waals surface area contributed by atoms with Gasteiger partial charge in [0.15, 0.2) is 0 Å². The van der Waals surface area contributed by atoms with Gasteiger partial charge in [-0.05, 0) is 37.0 Å². The van der Waals surface area contributed by atoms with E-state index in [1.165, 1.54) is 30.9 Å². The maximum atomic E-state index is 10.6. The molecule has 0 saturated heterocycles. The molecule has 0 saturated carbocycles. The molecule has 21 heavy (non-hydrogen) atoms. The molecule has 2 aromatic rings. The van der Waals surface area contributed by atoms with Crippen molar-refractivity contribution in [2.24, 2.45) is 0 Å². The summed E-state index contributed by atoms with van der Waals surface area (Å²) >= 11 is 0. The largest absolute Gasteiger partial charge is 0.294 e. The van der Waals surface area contributed by atoms with Crippen LogP contribution in [0.5, 0.6) is 0 Å². The summed E-state index contributed by atoms with van der Waals surface area (Å²) in [6.07, 6.45) is 3.83. The minimum atomic E-state index is -4.03. The summed E-state index contributed by atoms with van der Waals surface area (Å²) in [4.78, 5) is -0.0278. The second-order valence-electron chi connectivity index (χ2n) is 4.83. The predicted molar refractivity (Wildman–Crippen MR) is 86.0 cm³/mol. The standard InChI is InChI=1S/C10H14.C7H8O3S/c1-2-3-7-10-8-5-4-6-9-10;1-6-4-2-3-5-7(6)11(8,9)10/h4-6,8-9H,2-3,7H2,1H3;2-5H,1H3,(H,8,9,10). The van der Waals surface area contributed by atoms with Crippen LogP contribution in [0.1, 0.15) is 30.9 Å². The van der Waals surface area contributed by atoms with Crippen LogP contribution in [0.3, 0.4) is 0 Å². The summed E-state index contributed by atoms with van der Waals surface area (Å²) in [5.74, 6) is 0. The number of aryl methyl sites for hydroxylation is 2. The summed E-state index contributed by atoms with van der Waals surface area (Å²) in [6, 6.07) is 16.9. The minimum Gasteiger partial charge on any atom is -0.282 e. The summed E-state index contributed by atoms with van der Waals surface area (Å²) < 4.78 is 29.9. The van der Waals surface area contributed by atoms with Crippen LogP contribution >= 0.6 is 0 Å². The van der Waals surface area contributed by atoms with E-state index in [9.17, 15) is 8.42 Å². The molecule has 0 fully saturated rings. The molecular weight excluding hydrogens is 284 g/mol. The fourth-order valence-corrected chi connectivity index (χ4v) is 2.60. The van der Waals surface area contributed by atoms with Gasteiger partial charge in [-0.2, -0.15) is 8.42 Å². The Kier molecular flexibility index (Phi) is 7.12. The lowest BCUT2D eigenvalue weighted by atomic mass is 10.1. The first-order valence-electron chi connectivity index (χ1n) is 7.02. The molecule has 2 aromatic carbocycles. The van der Waals surface area contributed by atoms with Gasteiger partial charge in [0.25, 0.3) is 10.1 Å². The number of hydrogen-bond donors (Lipinski definition) is 1. The van der Waals surface area contributed by atoms with Crippen LogP contribution in [0.2, 0.25) is 0 Å². The predicted octanol–water partition coefficient (Wildman–Crippen LogP) is 4.27. The lowest BCUT2D eigenvalue weighted by Gasteiger charge is -1.99. The lowest BCUT2D eigenvalue weighted by Crippen LogP contribution is -1.99. The van der Waals surface area contributed by atoms with Gasteiger partial charge in [0, 0.05) is 0 Å². The van der Waals surface area contributed by atoms with E-state index < -0.39 is 10.1 Å². The second kappa shape index (κ2) is 8.60. The zero-order valence-electron chi connectivity index (χ0n) is 12.5. The van der Waals surface area contributed by atoms with Gasteiger partial charge >= 0.3 is 0 Å². The summed E-state index contributed by atoms with van der Waals surface area (Å²) in [7, 11) is -4.03. The third-order valence-electron chi connectivity index (χ3n) is 3.03. The topological polar surface area (TPSA) is 54.4 Å². The molecule has 0 spiro atoms. The van der Waals surface area contributed by atoms with Crippen molar-refractivity contribution >= 4 is 10.1 Å². The van der Waals surface area contributed by atoms with E-state index in [4.69, 9.17) is 4.55 Å². The van der Waals surface area contributed by atoms with Crippen LogP contribution in [0.15, 0.2) is 59.5 Å². The first-order valence-corrected chi connectivity index (χ1v) is 8.46. The molecule has 114 valence electrons. The molecule has 0 atom stereocenters. The van der Waals surface area contributed by atoms with Gasteiger partial charge in [0.1, 0.15) is 0 Å². The van der Waals surface area contributed by atoms with Gasteiger partial charge in [-0.25, -0.2) is 0 Å². The molecule has 0 aliphatic carbocycles. The number of unbranched alkanes of at least 4 members (excludes halogenated alkanes) is 1. The van der Waals surface area contributed by atoms with E-state index in [-0.39, 0.29) is 4.90 Å². The Morgan fingerprint density at radius 1 is 0.952 bits per heavy atom. The Labute approximate surface area is 127 Å². The zero-order chi connectivity index (χ0) is 15.7. The third-order valence-corrected chi connectivity index (χ3v) is 4.05. The summed E-state index contributed by atoms with van der Waals surface area (Å²) in [6.45, 7) is 3.85.